The standard InChI is InChI=1S/C21H6F8N4/c1-33-5-7(4-32)9-15(23)11-13(21(29)19(9)27)16(24)10-12(17(11)25)20(28)18(26)8(14(10)22)6(2-30)3-31/h5,13,16H,1H3/b9-7-,33-5+. The monoisotopic (exact) mass is 466 g/mol. The lowest BCUT2D eigenvalue weighted by Gasteiger charge is -2.31. The Morgan fingerprint density at radius 2 is 1.45 bits per heavy atom. The molecule has 2 atom stereocenters. The topological polar surface area (TPSA) is 83.7 Å². The van der Waals surface area contributed by atoms with Gasteiger partial charge in [-0.15, -0.1) is 0 Å². The Labute approximate surface area is 179 Å². The average molecular weight is 466 g/mol. The number of fused-ring (bicyclic) bond motifs is 2. The quantitative estimate of drug-likeness (QED) is 0.272. The van der Waals surface area contributed by atoms with Crippen molar-refractivity contribution in [2.75, 3.05) is 7.05 Å². The van der Waals surface area contributed by atoms with Gasteiger partial charge in [-0.2, -0.15) is 15.8 Å². The van der Waals surface area contributed by atoms with E-state index in [2.05, 4.69) is 4.99 Å². The van der Waals surface area contributed by atoms with Crippen molar-refractivity contribution >= 4 is 17.6 Å². The molecule has 2 aliphatic rings. The van der Waals surface area contributed by atoms with Crippen molar-refractivity contribution in [3.63, 3.8) is 0 Å². The van der Waals surface area contributed by atoms with Gasteiger partial charge in [-0.1, -0.05) is 0 Å². The number of benzene rings is 1. The van der Waals surface area contributed by atoms with Crippen LogP contribution < -0.4 is 10.4 Å². The van der Waals surface area contributed by atoms with Crippen LogP contribution >= 0.6 is 0 Å². The van der Waals surface area contributed by atoms with Crippen molar-refractivity contribution in [2.24, 2.45) is 10.9 Å². The molecular weight excluding hydrogens is 460 g/mol. The Kier molecular flexibility index (Phi) is 5.93. The molecule has 0 amide bonds. The van der Waals surface area contributed by atoms with Gasteiger partial charge in [0, 0.05) is 24.4 Å². The molecule has 0 N–H and O–H groups in total. The minimum absolute atomic E-state index is 0.595. The summed E-state index contributed by atoms with van der Waals surface area (Å²) in [6.07, 6.45) is -2.61. The van der Waals surface area contributed by atoms with E-state index in [9.17, 15) is 22.0 Å². The number of hydrogen-bond donors (Lipinski definition) is 0. The zero-order valence-corrected chi connectivity index (χ0v) is 16.0. The highest BCUT2D eigenvalue weighted by molar-refractivity contribution is 5.88. The summed E-state index contributed by atoms with van der Waals surface area (Å²) < 4.78 is 119. The molecule has 166 valence electrons. The summed E-state index contributed by atoms with van der Waals surface area (Å²) in [5.74, 6) is -17.9. The Bertz CT molecular complexity index is 1480. The fourth-order valence-corrected chi connectivity index (χ4v) is 3.58. The molecule has 0 aromatic heterocycles. The summed E-state index contributed by atoms with van der Waals surface area (Å²) in [5.41, 5.74) is -7.01. The second-order valence-corrected chi connectivity index (χ2v) is 6.57. The van der Waals surface area contributed by atoms with Crippen molar-refractivity contribution in [1.29, 1.82) is 15.8 Å². The minimum atomic E-state index is -3.20. The maximum atomic E-state index is 15.2. The molecule has 12 heteroatoms. The first-order chi connectivity index (χ1) is 15.6. The highest BCUT2D eigenvalue weighted by Gasteiger charge is 2.48. The molecule has 0 heterocycles. The Morgan fingerprint density at radius 3 is 1.97 bits per heavy atom. The van der Waals surface area contributed by atoms with E-state index in [0.717, 1.165) is 19.2 Å². The lowest BCUT2D eigenvalue weighted by molar-refractivity contribution is 0.233. The number of hydrogen-bond acceptors (Lipinski definition) is 4. The predicted molar refractivity (Wildman–Crippen MR) is 96.5 cm³/mol. The number of nitriles is 3. The van der Waals surface area contributed by atoms with E-state index in [1.165, 1.54) is 6.07 Å². The van der Waals surface area contributed by atoms with Gasteiger partial charge in [-0.25, -0.2) is 35.1 Å². The lowest BCUT2D eigenvalue weighted by atomic mass is 9.76. The van der Waals surface area contributed by atoms with E-state index in [1.54, 1.807) is 0 Å². The maximum absolute atomic E-state index is 15.2. The molecule has 0 spiro atoms. The van der Waals surface area contributed by atoms with Crippen molar-refractivity contribution in [3.05, 3.63) is 67.7 Å². The maximum Gasteiger partial charge on any atom is 0.171 e. The number of halogens is 8. The van der Waals surface area contributed by atoms with Crippen LogP contribution in [0.25, 0.3) is 11.4 Å². The van der Waals surface area contributed by atoms with Gasteiger partial charge in [-0.05, 0) is 0 Å². The third-order valence-corrected chi connectivity index (χ3v) is 4.97. The molecule has 33 heavy (non-hydrogen) atoms. The Hall–Kier alpha value is -4.24. The second-order valence-electron chi connectivity index (χ2n) is 6.57. The fraction of sp³-hybridized carbons (Fsp3) is 0.143. The number of nitrogens with zero attached hydrogens (tertiary/aromatic N) is 4. The zero-order valence-electron chi connectivity index (χ0n) is 16.0. The summed E-state index contributed by atoms with van der Waals surface area (Å²) >= 11 is 0. The fourth-order valence-electron chi connectivity index (χ4n) is 3.58. The van der Waals surface area contributed by atoms with E-state index in [4.69, 9.17) is 15.8 Å². The average Bonchev–Trinajstić information content (AvgIpc) is 2.79. The molecule has 0 bridgehead atoms. The number of rotatable bonds is 1. The van der Waals surface area contributed by atoms with Gasteiger partial charge in [-0.3, -0.25) is 4.99 Å². The largest absolute Gasteiger partial charge is 0.295 e. The van der Waals surface area contributed by atoms with E-state index < -0.39 is 91.1 Å². The van der Waals surface area contributed by atoms with Gasteiger partial charge in [0.05, 0.1) is 27.5 Å². The SMILES string of the molecule is C/N=C/C(C#N)=C1\C(F)=C(F)C2C(=C1F)C(F)=c1c(F)c(F)c(=C(C#N)C#N)c(F)c1C2F. The molecule has 1 aromatic carbocycles. The molecule has 3 rings (SSSR count). The molecule has 0 aliphatic heterocycles. The van der Waals surface area contributed by atoms with Crippen LogP contribution in [0.1, 0.15) is 11.7 Å². The molecule has 0 saturated carbocycles. The second kappa shape index (κ2) is 8.36. The minimum Gasteiger partial charge on any atom is -0.295 e. The summed E-state index contributed by atoms with van der Waals surface area (Å²) in [5, 5.41) is 23.3. The molecule has 2 unspecified atom stereocenters. The van der Waals surface area contributed by atoms with Gasteiger partial charge in [0.1, 0.15) is 53.3 Å². The van der Waals surface area contributed by atoms with E-state index in [1.807, 2.05) is 0 Å². The highest BCUT2D eigenvalue weighted by atomic mass is 19.2. The van der Waals surface area contributed by atoms with Crippen LogP contribution in [-0.4, -0.2) is 13.3 Å². The Morgan fingerprint density at radius 1 is 0.848 bits per heavy atom. The predicted octanol–water partition coefficient (Wildman–Crippen LogP) is 3.93. The summed E-state index contributed by atoms with van der Waals surface area (Å²) in [6, 6.07) is 3.39. The number of allylic oxidation sites excluding steroid dienone is 6. The number of aliphatic imine (C=N–C) groups is 1. The van der Waals surface area contributed by atoms with Crippen LogP contribution in [0.2, 0.25) is 0 Å². The van der Waals surface area contributed by atoms with Crippen molar-refractivity contribution < 1.29 is 35.1 Å². The molecule has 1 aromatic rings. The smallest absolute Gasteiger partial charge is 0.171 e. The van der Waals surface area contributed by atoms with Gasteiger partial charge >= 0.3 is 0 Å². The first-order valence-corrected chi connectivity index (χ1v) is 8.66. The van der Waals surface area contributed by atoms with Crippen molar-refractivity contribution in [3.8, 4) is 18.2 Å². The van der Waals surface area contributed by atoms with Gasteiger partial charge in [0.25, 0.3) is 0 Å². The van der Waals surface area contributed by atoms with Gasteiger partial charge < -0.3 is 0 Å². The van der Waals surface area contributed by atoms with E-state index in [-0.39, 0.29) is 0 Å². The molecular formula is C21H6F8N4. The highest BCUT2D eigenvalue weighted by Crippen LogP contribution is 2.52. The number of alkyl halides is 1. The molecule has 0 fully saturated rings. The lowest BCUT2D eigenvalue weighted by Crippen LogP contribution is -2.38. The first kappa shape index (κ1) is 23.4. The van der Waals surface area contributed by atoms with Crippen LogP contribution in [0.15, 0.2) is 39.2 Å². The zero-order chi connectivity index (χ0) is 24.8. The molecule has 0 radical (unpaired) electrons. The third kappa shape index (κ3) is 3.13. The summed E-state index contributed by atoms with van der Waals surface area (Å²) in [4.78, 5) is 3.33. The van der Waals surface area contributed by atoms with Crippen LogP contribution in [0, 0.1) is 57.4 Å². The van der Waals surface area contributed by atoms with Crippen LogP contribution in [-0.2, 0) is 0 Å². The summed E-state index contributed by atoms with van der Waals surface area (Å²) in [7, 11) is 1.08. The van der Waals surface area contributed by atoms with Crippen LogP contribution in [0.5, 0.6) is 0 Å². The van der Waals surface area contributed by atoms with Gasteiger partial charge in [0.2, 0.25) is 0 Å². The third-order valence-electron chi connectivity index (χ3n) is 4.97. The Balaban J connectivity index is 2.65. The van der Waals surface area contributed by atoms with Crippen molar-refractivity contribution in [2.45, 2.75) is 6.17 Å². The molecule has 2 aliphatic carbocycles. The normalized spacial score (nSPS) is 21.3. The van der Waals surface area contributed by atoms with E-state index >= 15 is 13.2 Å². The van der Waals surface area contributed by atoms with E-state index in [0.29, 0.717) is 6.21 Å². The molecule has 4 nitrogen and oxygen atoms in total. The summed E-state index contributed by atoms with van der Waals surface area (Å²) in [6.45, 7) is 0. The van der Waals surface area contributed by atoms with Crippen LogP contribution in [0.4, 0.5) is 35.1 Å². The van der Waals surface area contributed by atoms with Crippen LogP contribution in [0.3, 0.4) is 0 Å². The van der Waals surface area contributed by atoms with Gasteiger partial charge in [0.15, 0.2) is 17.5 Å². The molecule has 0 saturated heterocycles. The first-order valence-electron chi connectivity index (χ1n) is 8.66. The van der Waals surface area contributed by atoms with Crippen molar-refractivity contribution in [1.82, 2.24) is 0 Å².